The minimum atomic E-state index is 0.308. The summed E-state index contributed by atoms with van der Waals surface area (Å²) in [5, 5.41) is 3.31. The molecule has 2 heteroatoms. The molecule has 1 saturated heterocycles. The van der Waals surface area contributed by atoms with E-state index in [1.165, 1.54) is 17.5 Å². The van der Waals surface area contributed by atoms with Crippen LogP contribution in [0.15, 0.2) is 24.3 Å². The van der Waals surface area contributed by atoms with Crippen molar-refractivity contribution in [3.05, 3.63) is 35.4 Å². The predicted molar refractivity (Wildman–Crippen MR) is 71.3 cm³/mol. The van der Waals surface area contributed by atoms with Crippen LogP contribution in [0.2, 0.25) is 0 Å². The first-order valence-corrected chi connectivity index (χ1v) is 6.58. The highest BCUT2D eigenvalue weighted by Gasteiger charge is 2.34. The third-order valence-corrected chi connectivity index (χ3v) is 3.75. The predicted octanol–water partition coefficient (Wildman–Crippen LogP) is 2.42. The van der Waals surface area contributed by atoms with Gasteiger partial charge in [-0.25, -0.2) is 0 Å². The van der Waals surface area contributed by atoms with E-state index in [9.17, 15) is 0 Å². The van der Waals surface area contributed by atoms with E-state index in [0.717, 1.165) is 32.6 Å². The van der Waals surface area contributed by atoms with Crippen molar-refractivity contribution < 1.29 is 4.74 Å². The number of hydrogen-bond acceptors (Lipinski definition) is 2. The van der Waals surface area contributed by atoms with Gasteiger partial charge in [-0.05, 0) is 37.4 Å². The highest BCUT2D eigenvalue weighted by atomic mass is 16.5. The third kappa shape index (κ3) is 3.08. The molecular formula is C15H23NO. The summed E-state index contributed by atoms with van der Waals surface area (Å²) in [6, 6.07) is 9.04. The molecule has 0 saturated carbocycles. The normalized spacial score (nSPS) is 24.1. The van der Waals surface area contributed by atoms with Crippen LogP contribution < -0.4 is 5.32 Å². The lowest BCUT2D eigenvalue weighted by molar-refractivity contribution is 0.150. The first-order valence-electron chi connectivity index (χ1n) is 6.58. The minimum Gasteiger partial charge on any atom is -0.381 e. The molecule has 0 aliphatic carbocycles. The van der Waals surface area contributed by atoms with Crippen LogP contribution in [0.5, 0.6) is 0 Å². The molecule has 0 aromatic heterocycles. The van der Waals surface area contributed by atoms with E-state index in [2.05, 4.69) is 36.5 Å². The van der Waals surface area contributed by atoms with Gasteiger partial charge in [-0.3, -0.25) is 0 Å². The fraction of sp³-hybridized carbons (Fsp3) is 0.600. The van der Waals surface area contributed by atoms with Crippen molar-refractivity contribution in [3.63, 3.8) is 0 Å². The number of rotatable bonds is 5. The Morgan fingerprint density at radius 1 is 1.24 bits per heavy atom. The Labute approximate surface area is 104 Å². The summed E-state index contributed by atoms with van der Waals surface area (Å²) in [4.78, 5) is 0. The van der Waals surface area contributed by atoms with Gasteiger partial charge in [0.25, 0.3) is 0 Å². The van der Waals surface area contributed by atoms with Crippen molar-refractivity contribution in [3.8, 4) is 0 Å². The summed E-state index contributed by atoms with van der Waals surface area (Å²) < 4.78 is 5.59. The standard InChI is InChI=1S/C15H23NO/c1-3-13-4-6-14(7-5-13)10-15(11-16-2)8-9-17-12-15/h4-7,16H,3,8-12H2,1-2H3. The molecule has 0 bridgehead atoms. The molecule has 1 N–H and O–H groups in total. The van der Waals surface area contributed by atoms with Gasteiger partial charge in [0, 0.05) is 18.6 Å². The zero-order valence-electron chi connectivity index (χ0n) is 11.0. The maximum absolute atomic E-state index is 5.59. The monoisotopic (exact) mass is 233 g/mol. The Balaban J connectivity index is 2.06. The van der Waals surface area contributed by atoms with E-state index in [-0.39, 0.29) is 0 Å². The number of ether oxygens (including phenoxy) is 1. The molecule has 1 aromatic carbocycles. The SMILES string of the molecule is CCc1ccc(CC2(CNC)CCOC2)cc1. The topological polar surface area (TPSA) is 21.3 Å². The van der Waals surface area contributed by atoms with Crippen molar-refractivity contribution in [2.75, 3.05) is 26.8 Å². The van der Waals surface area contributed by atoms with Crippen molar-refractivity contribution in [2.24, 2.45) is 5.41 Å². The van der Waals surface area contributed by atoms with Gasteiger partial charge in [0.15, 0.2) is 0 Å². The molecule has 1 aliphatic heterocycles. The quantitative estimate of drug-likeness (QED) is 0.843. The van der Waals surface area contributed by atoms with E-state index in [4.69, 9.17) is 4.74 Å². The van der Waals surface area contributed by atoms with E-state index in [1.54, 1.807) is 0 Å². The van der Waals surface area contributed by atoms with Crippen LogP contribution in [0.4, 0.5) is 0 Å². The second-order valence-corrected chi connectivity index (χ2v) is 5.18. The number of aryl methyl sites for hydroxylation is 1. The highest BCUT2D eigenvalue weighted by molar-refractivity contribution is 5.23. The summed E-state index contributed by atoms with van der Waals surface area (Å²) in [5.41, 5.74) is 3.16. The van der Waals surface area contributed by atoms with E-state index >= 15 is 0 Å². The molecule has 2 rings (SSSR count). The molecule has 1 aromatic rings. The lowest BCUT2D eigenvalue weighted by Crippen LogP contribution is -2.35. The lowest BCUT2D eigenvalue weighted by atomic mass is 9.81. The van der Waals surface area contributed by atoms with Crippen LogP contribution in [0.1, 0.15) is 24.5 Å². The summed E-state index contributed by atoms with van der Waals surface area (Å²) in [6.45, 7) is 5.04. The first kappa shape index (κ1) is 12.6. The Kier molecular flexibility index (Phi) is 4.19. The van der Waals surface area contributed by atoms with Crippen LogP contribution in [0, 0.1) is 5.41 Å². The first-order chi connectivity index (χ1) is 8.28. The van der Waals surface area contributed by atoms with Gasteiger partial charge in [-0.1, -0.05) is 31.2 Å². The number of benzene rings is 1. The summed E-state index contributed by atoms with van der Waals surface area (Å²) in [6.07, 6.45) is 3.41. The van der Waals surface area contributed by atoms with E-state index < -0.39 is 0 Å². The van der Waals surface area contributed by atoms with Gasteiger partial charge < -0.3 is 10.1 Å². The smallest absolute Gasteiger partial charge is 0.0538 e. The molecule has 0 radical (unpaired) electrons. The molecule has 1 heterocycles. The minimum absolute atomic E-state index is 0.308. The third-order valence-electron chi connectivity index (χ3n) is 3.75. The molecule has 1 atom stereocenters. The molecule has 17 heavy (non-hydrogen) atoms. The summed E-state index contributed by atoms with van der Waals surface area (Å²) >= 11 is 0. The maximum Gasteiger partial charge on any atom is 0.0538 e. The van der Waals surface area contributed by atoms with Gasteiger partial charge in [0.1, 0.15) is 0 Å². The Hall–Kier alpha value is -0.860. The van der Waals surface area contributed by atoms with E-state index in [0.29, 0.717) is 5.41 Å². The molecule has 1 fully saturated rings. The Bertz CT molecular complexity index is 338. The van der Waals surface area contributed by atoms with Gasteiger partial charge in [-0.15, -0.1) is 0 Å². The molecule has 2 nitrogen and oxygen atoms in total. The lowest BCUT2D eigenvalue weighted by Gasteiger charge is -2.27. The van der Waals surface area contributed by atoms with Crippen LogP contribution in [0.25, 0.3) is 0 Å². The fourth-order valence-electron chi connectivity index (χ4n) is 2.69. The van der Waals surface area contributed by atoms with Gasteiger partial charge >= 0.3 is 0 Å². The van der Waals surface area contributed by atoms with Crippen LogP contribution >= 0.6 is 0 Å². The summed E-state index contributed by atoms with van der Waals surface area (Å²) in [5.74, 6) is 0. The van der Waals surface area contributed by atoms with Crippen molar-refractivity contribution in [1.82, 2.24) is 5.32 Å². The molecule has 94 valence electrons. The molecule has 1 unspecified atom stereocenters. The fourth-order valence-corrected chi connectivity index (χ4v) is 2.69. The average Bonchev–Trinajstić information content (AvgIpc) is 2.79. The van der Waals surface area contributed by atoms with Crippen molar-refractivity contribution in [1.29, 1.82) is 0 Å². The second kappa shape index (κ2) is 5.65. The van der Waals surface area contributed by atoms with Crippen molar-refractivity contribution >= 4 is 0 Å². The van der Waals surface area contributed by atoms with Crippen LogP contribution in [-0.4, -0.2) is 26.8 Å². The molecule has 1 aliphatic rings. The Morgan fingerprint density at radius 2 is 1.94 bits per heavy atom. The average molecular weight is 233 g/mol. The number of hydrogen-bond donors (Lipinski definition) is 1. The highest BCUT2D eigenvalue weighted by Crippen LogP contribution is 2.32. The zero-order chi connectivity index (χ0) is 12.1. The summed E-state index contributed by atoms with van der Waals surface area (Å²) in [7, 11) is 2.03. The van der Waals surface area contributed by atoms with Crippen LogP contribution in [-0.2, 0) is 17.6 Å². The van der Waals surface area contributed by atoms with Gasteiger partial charge in [0.2, 0.25) is 0 Å². The van der Waals surface area contributed by atoms with Gasteiger partial charge in [0.05, 0.1) is 6.61 Å². The maximum atomic E-state index is 5.59. The van der Waals surface area contributed by atoms with Crippen LogP contribution in [0.3, 0.4) is 0 Å². The second-order valence-electron chi connectivity index (χ2n) is 5.18. The largest absolute Gasteiger partial charge is 0.381 e. The molecule has 0 spiro atoms. The van der Waals surface area contributed by atoms with Crippen molar-refractivity contribution in [2.45, 2.75) is 26.2 Å². The zero-order valence-corrected chi connectivity index (χ0v) is 11.0. The molecular weight excluding hydrogens is 210 g/mol. The number of nitrogens with one attached hydrogen (secondary N) is 1. The molecule has 0 amide bonds. The Morgan fingerprint density at radius 3 is 2.47 bits per heavy atom. The van der Waals surface area contributed by atoms with E-state index in [1.807, 2.05) is 7.05 Å². The van der Waals surface area contributed by atoms with Gasteiger partial charge in [-0.2, -0.15) is 0 Å².